The Morgan fingerprint density at radius 1 is 0.800 bits per heavy atom. The molecule has 0 aliphatic heterocycles. The van der Waals surface area contributed by atoms with Crippen LogP contribution < -0.4 is 18.4 Å². The molecule has 0 bridgehead atoms. The number of aromatic nitrogens is 1. The molecular weight excluding hydrogens is 541 g/mol. The van der Waals surface area contributed by atoms with Gasteiger partial charge in [-0.3, -0.25) is 4.89 Å². The maximum atomic E-state index is 13.1. The minimum absolute atomic E-state index is 0.196. The van der Waals surface area contributed by atoms with Crippen molar-refractivity contribution in [3.8, 4) is 17.2 Å². The van der Waals surface area contributed by atoms with Crippen LogP contribution in [0, 0.1) is 0 Å². The third kappa shape index (κ3) is 9.96. The smallest absolute Gasteiger partial charge is 0.490 e. The topological polar surface area (TPSA) is 68.9 Å². The van der Waals surface area contributed by atoms with E-state index in [1.165, 1.54) is 51.4 Å². The Labute approximate surface area is 242 Å². The average Bonchev–Trinajstić information content (AvgIpc) is 3.44. The van der Waals surface area contributed by atoms with Gasteiger partial charge in [0.15, 0.2) is 24.2 Å². The highest BCUT2D eigenvalue weighted by Gasteiger charge is 2.27. The zero-order chi connectivity index (χ0) is 28.0. The Bertz CT molecular complexity index is 1360. The number of rotatable bonds is 18. The number of ether oxygens (including phenoxy) is 1. The van der Waals surface area contributed by atoms with E-state index in [2.05, 4.69) is 6.92 Å². The summed E-state index contributed by atoms with van der Waals surface area (Å²) < 4.78 is 32.3. The lowest BCUT2D eigenvalue weighted by atomic mass is 10.1. The molecule has 0 saturated heterocycles. The van der Waals surface area contributed by atoms with Crippen LogP contribution >= 0.6 is 19.2 Å². The molecule has 6 nitrogen and oxygen atoms in total. The minimum Gasteiger partial charge on any atom is -0.490 e. The van der Waals surface area contributed by atoms with Gasteiger partial charge in [0.2, 0.25) is 5.51 Å². The Kier molecular flexibility index (Phi) is 11.9. The fourth-order valence-electron chi connectivity index (χ4n) is 4.69. The molecule has 214 valence electrons. The van der Waals surface area contributed by atoms with Crippen molar-refractivity contribution < 1.29 is 27.8 Å². The first-order valence-corrected chi connectivity index (χ1v) is 16.8. The zero-order valence-electron chi connectivity index (χ0n) is 23.4. The van der Waals surface area contributed by atoms with Crippen molar-refractivity contribution in [1.82, 2.24) is 0 Å². The van der Waals surface area contributed by atoms with Crippen molar-refractivity contribution >= 4 is 29.9 Å². The molecule has 0 radical (unpaired) electrons. The Morgan fingerprint density at radius 3 is 2.15 bits per heavy atom. The van der Waals surface area contributed by atoms with Crippen LogP contribution in [0.1, 0.15) is 76.7 Å². The predicted molar refractivity (Wildman–Crippen MR) is 162 cm³/mol. The fraction of sp³-hybridized carbons (Fsp3) is 0.406. The number of thiazole rings is 1. The van der Waals surface area contributed by atoms with Crippen LogP contribution in [0.3, 0.4) is 0 Å². The SMILES string of the molecule is CCCCCCCCCCCCOc1cc2ccccc2cc1OP(=O)(O)Oc1cccc(C[n+]2ccsc2)c1. The van der Waals surface area contributed by atoms with Crippen molar-refractivity contribution in [1.29, 1.82) is 0 Å². The summed E-state index contributed by atoms with van der Waals surface area (Å²) in [7, 11) is -4.48. The second kappa shape index (κ2) is 15.8. The zero-order valence-corrected chi connectivity index (χ0v) is 25.1. The quantitative estimate of drug-likeness (QED) is 0.0720. The summed E-state index contributed by atoms with van der Waals surface area (Å²) >= 11 is 1.61. The van der Waals surface area contributed by atoms with E-state index in [9.17, 15) is 9.46 Å². The summed E-state index contributed by atoms with van der Waals surface area (Å²) in [6.07, 6.45) is 14.4. The number of hydrogen-bond acceptors (Lipinski definition) is 5. The summed E-state index contributed by atoms with van der Waals surface area (Å²) in [4.78, 5) is 10.7. The van der Waals surface area contributed by atoms with Gasteiger partial charge in [-0.25, -0.2) is 4.57 Å². The number of nitrogens with zero attached hydrogens (tertiary/aromatic N) is 1. The number of phosphoric acid groups is 1. The van der Waals surface area contributed by atoms with Gasteiger partial charge in [-0.2, -0.15) is 4.57 Å². The van der Waals surface area contributed by atoms with E-state index in [1.807, 2.05) is 58.1 Å². The van der Waals surface area contributed by atoms with Crippen LogP contribution in [-0.2, 0) is 11.1 Å². The first-order valence-electron chi connectivity index (χ1n) is 14.4. The summed E-state index contributed by atoms with van der Waals surface area (Å²) in [6, 6.07) is 18.5. The maximum absolute atomic E-state index is 13.1. The van der Waals surface area contributed by atoms with Gasteiger partial charge in [0.25, 0.3) is 0 Å². The first kappa shape index (κ1) is 30.1. The molecule has 8 heteroatoms. The Hall–Kier alpha value is -2.86. The van der Waals surface area contributed by atoms with Crippen molar-refractivity contribution in [2.45, 2.75) is 77.7 Å². The summed E-state index contributed by atoms with van der Waals surface area (Å²) in [5, 5.41) is 3.86. The molecule has 40 heavy (non-hydrogen) atoms. The molecule has 1 aromatic heterocycles. The summed E-state index contributed by atoms with van der Waals surface area (Å²) in [5.74, 6) is 0.907. The predicted octanol–water partition coefficient (Wildman–Crippen LogP) is 9.10. The second-order valence-electron chi connectivity index (χ2n) is 10.2. The molecular formula is C32H41NO5PS+. The molecule has 1 heterocycles. The van der Waals surface area contributed by atoms with E-state index in [4.69, 9.17) is 13.8 Å². The lowest BCUT2D eigenvalue weighted by Gasteiger charge is -2.17. The van der Waals surface area contributed by atoms with E-state index in [1.54, 1.807) is 35.6 Å². The second-order valence-corrected chi connectivity index (χ2v) is 12.2. The number of phosphoric ester groups is 1. The van der Waals surface area contributed by atoms with E-state index in [-0.39, 0.29) is 11.5 Å². The lowest BCUT2D eigenvalue weighted by molar-refractivity contribution is -0.683. The van der Waals surface area contributed by atoms with Crippen LogP contribution in [-0.4, -0.2) is 11.5 Å². The van der Waals surface area contributed by atoms with Crippen LogP contribution in [0.25, 0.3) is 10.8 Å². The van der Waals surface area contributed by atoms with Gasteiger partial charge in [0.1, 0.15) is 5.75 Å². The molecule has 1 unspecified atom stereocenters. The van der Waals surface area contributed by atoms with E-state index >= 15 is 0 Å². The largest absolute Gasteiger partial charge is 0.585 e. The van der Waals surface area contributed by atoms with Gasteiger partial charge >= 0.3 is 7.82 Å². The highest BCUT2D eigenvalue weighted by atomic mass is 32.1. The van der Waals surface area contributed by atoms with Crippen LogP contribution in [0.5, 0.6) is 17.2 Å². The maximum Gasteiger partial charge on any atom is 0.585 e. The normalized spacial score (nSPS) is 12.8. The average molecular weight is 583 g/mol. The molecule has 3 aromatic carbocycles. The Morgan fingerprint density at radius 2 is 1.48 bits per heavy atom. The molecule has 0 aliphatic rings. The third-order valence-corrected chi connectivity index (χ3v) is 8.33. The lowest BCUT2D eigenvalue weighted by Crippen LogP contribution is -2.30. The van der Waals surface area contributed by atoms with Crippen LogP contribution in [0.2, 0.25) is 0 Å². The molecule has 0 aliphatic carbocycles. The number of unbranched alkanes of at least 4 members (excludes halogenated alkanes) is 9. The van der Waals surface area contributed by atoms with Gasteiger partial charge < -0.3 is 13.8 Å². The molecule has 0 amide bonds. The van der Waals surface area contributed by atoms with Crippen molar-refractivity contribution in [2.75, 3.05) is 6.61 Å². The molecule has 0 spiro atoms. The molecule has 4 rings (SSSR count). The minimum atomic E-state index is -4.48. The van der Waals surface area contributed by atoms with E-state index < -0.39 is 7.82 Å². The van der Waals surface area contributed by atoms with Crippen LogP contribution in [0.15, 0.2) is 77.8 Å². The Balaban J connectivity index is 1.33. The van der Waals surface area contributed by atoms with E-state index in [0.717, 1.165) is 29.2 Å². The summed E-state index contributed by atoms with van der Waals surface area (Å²) in [6.45, 7) is 3.40. The molecule has 1 N–H and O–H groups in total. The molecule has 0 saturated carbocycles. The van der Waals surface area contributed by atoms with Gasteiger partial charge in [0.05, 0.1) is 12.0 Å². The van der Waals surface area contributed by atoms with Crippen molar-refractivity contribution in [3.63, 3.8) is 0 Å². The van der Waals surface area contributed by atoms with Gasteiger partial charge in [0, 0.05) is 5.56 Å². The van der Waals surface area contributed by atoms with Crippen LogP contribution in [0.4, 0.5) is 0 Å². The standard InChI is InChI=1S/C32H40NO5PS/c1-2-3-4-5-6-7-8-9-10-13-20-36-31-23-28-16-11-12-17-29(28)24-32(31)38-39(34,35)37-30-18-14-15-27(22-30)25-33-19-21-40-26-33/h11-12,14-19,21-24,26H,2-10,13,20,25H2,1H3/p+1. The number of hydrogen-bond donors (Lipinski definition) is 1. The monoisotopic (exact) mass is 582 g/mol. The fourth-order valence-corrected chi connectivity index (χ4v) is 6.10. The third-order valence-electron chi connectivity index (χ3n) is 6.79. The van der Waals surface area contributed by atoms with Crippen molar-refractivity contribution in [2.24, 2.45) is 0 Å². The van der Waals surface area contributed by atoms with E-state index in [0.29, 0.717) is 18.9 Å². The highest BCUT2D eigenvalue weighted by Crippen LogP contribution is 2.48. The highest BCUT2D eigenvalue weighted by molar-refractivity contribution is 7.48. The molecule has 0 fully saturated rings. The number of fused-ring (bicyclic) bond motifs is 1. The first-order chi connectivity index (χ1) is 19.5. The van der Waals surface area contributed by atoms with Crippen molar-refractivity contribution in [3.05, 3.63) is 83.3 Å². The molecule has 4 aromatic rings. The van der Waals surface area contributed by atoms with Gasteiger partial charge in [-0.1, -0.05) is 112 Å². The van der Waals surface area contributed by atoms with Gasteiger partial charge in [-0.05, 0) is 41.5 Å². The van der Waals surface area contributed by atoms with Gasteiger partial charge in [-0.15, -0.1) is 0 Å². The number of benzene rings is 3. The summed E-state index contributed by atoms with van der Waals surface area (Å²) in [5.41, 5.74) is 2.96. The molecule has 1 atom stereocenters.